The Morgan fingerprint density at radius 2 is 2.24 bits per heavy atom. The fraction of sp³-hybridized carbons (Fsp3) is 0.533. The summed E-state index contributed by atoms with van der Waals surface area (Å²) in [6.45, 7) is 3.91. The summed E-state index contributed by atoms with van der Waals surface area (Å²) in [5, 5.41) is 6.28. The summed E-state index contributed by atoms with van der Waals surface area (Å²) in [6.07, 6.45) is 3.12. The molecule has 21 heavy (non-hydrogen) atoms. The third kappa shape index (κ3) is 3.73. The molecule has 1 amide bonds. The van der Waals surface area contributed by atoms with Crippen LogP contribution < -0.4 is 15.5 Å². The van der Waals surface area contributed by atoms with Crippen molar-refractivity contribution in [3.8, 4) is 0 Å². The van der Waals surface area contributed by atoms with E-state index in [1.165, 1.54) is 0 Å². The maximum atomic E-state index is 12.1. The second-order valence-electron chi connectivity index (χ2n) is 5.18. The number of thioether (sulfide) groups is 1. The van der Waals surface area contributed by atoms with Crippen LogP contribution in [0.15, 0.2) is 16.6 Å². The van der Waals surface area contributed by atoms with E-state index < -0.39 is 0 Å². The van der Waals surface area contributed by atoms with Crippen LogP contribution in [0.4, 0.5) is 11.4 Å². The highest BCUT2D eigenvalue weighted by Gasteiger charge is 2.31. The number of anilines is 2. The number of hydrogen-bond acceptors (Lipinski definition) is 4. The minimum atomic E-state index is -0.234. The van der Waals surface area contributed by atoms with Crippen molar-refractivity contribution in [3.05, 3.63) is 22.2 Å². The van der Waals surface area contributed by atoms with Gasteiger partial charge in [-0.2, -0.15) is 11.8 Å². The molecule has 0 bridgehead atoms. The van der Waals surface area contributed by atoms with Crippen LogP contribution in [0.5, 0.6) is 0 Å². The first-order valence-electron chi connectivity index (χ1n) is 7.16. The molecule has 0 saturated carbocycles. The maximum absolute atomic E-state index is 12.1. The first kappa shape index (κ1) is 16.6. The van der Waals surface area contributed by atoms with Gasteiger partial charge in [0.05, 0.1) is 5.69 Å². The number of benzene rings is 1. The molecule has 4 nitrogen and oxygen atoms in total. The molecule has 1 aromatic rings. The van der Waals surface area contributed by atoms with Gasteiger partial charge in [0.1, 0.15) is 6.04 Å². The van der Waals surface area contributed by atoms with Gasteiger partial charge in [0.25, 0.3) is 0 Å². The SMILES string of the molecule is CCCNC1C(=O)Nc2cc(N(C)CCSC)c(Br)cc21. The third-order valence-corrected chi connectivity index (χ3v) is 4.82. The lowest BCUT2D eigenvalue weighted by atomic mass is 10.1. The molecular weight excluding hydrogens is 350 g/mol. The molecule has 0 radical (unpaired) electrons. The van der Waals surface area contributed by atoms with Crippen LogP contribution in [0.1, 0.15) is 24.9 Å². The number of carbonyl (C=O) groups is 1. The van der Waals surface area contributed by atoms with Crippen molar-refractivity contribution in [3.63, 3.8) is 0 Å². The van der Waals surface area contributed by atoms with Gasteiger partial charge in [0.15, 0.2) is 0 Å². The van der Waals surface area contributed by atoms with Crippen LogP contribution in [0.3, 0.4) is 0 Å². The van der Waals surface area contributed by atoms with E-state index in [1.54, 1.807) is 0 Å². The zero-order valence-electron chi connectivity index (χ0n) is 12.7. The van der Waals surface area contributed by atoms with E-state index in [0.29, 0.717) is 0 Å². The summed E-state index contributed by atoms with van der Waals surface area (Å²) in [6, 6.07) is 3.89. The Morgan fingerprint density at radius 1 is 1.48 bits per heavy atom. The van der Waals surface area contributed by atoms with Crippen molar-refractivity contribution >= 4 is 45.0 Å². The minimum absolute atomic E-state index is 0.0364. The molecule has 0 fully saturated rings. The number of carbonyl (C=O) groups excluding carboxylic acids is 1. The highest BCUT2D eigenvalue weighted by atomic mass is 79.9. The minimum Gasteiger partial charge on any atom is -0.373 e. The zero-order chi connectivity index (χ0) is 15.4. The Labute approximate surface area is 139 Å². The van der Waals surface area contributed by atoms with Crippen LogP contribution in [-0.4, -0.2) is 38.1 Å². The van der Waals surface area contributed by atoms with E-state index in [0.717, 1.165) is 46.7 Å². The van der Waals surface area contributed by atoms with Gasteiger partial charge in [-0.3, -0.25) is 4.79 Å². The molecule has 1 heterocycles. The third-order valence-electron chi connectivity index (χ3n) is 3.59. The van der Waals surface area contributed by atoms with Gasteiger partial charge in [0, 0.05) is 35.1 Å². The van der Waals surface area contributed by atoms with E-state index in [2.05, 4.69) is 63.8 Å². The topological polar surface area (TPSA) is 44.4 Å². The predicted octanol–water partition coefficient (Wildman–Crippen LogP) is 3.24. The number of hydrogen-bond donors (Lipinski definition) is 2. The lowest BCUT2D eigenvalue weighted by Crippen LogP contribution is -2.28. The van der Waals surface area contributed by atoms with E-state index in [-0.39, 0.29) is 11.9 Å². The summed E-state index contributed by atoms with van der Waals surface area (Å²) in [7, 11) is 2.08. The predicted molar refractivity (Wildman–Crippen MR) is 95.5 cm³/mol. The van der Waals surface area contributed by atoms with Gasteiger partial charge in [0.2, 0.25) is 5.91 Å². The van der Waals surface area contributed by atoms with Crippen LogP contribution in [0.2, 0.25) is 0 Å². The zero-order valence-corrected chi connectivity index (χ0v) is 15.1. The van der Waals surface area contributed by atoms with Crippen molar-refractivity contribution in [2.75, 3.05) is 42.4 Å². The highest BCUT2D eigenvalue weighted by molar-refractivity contribution is 9.10. The Morgan fingerprint density at radius 3 is 2.90 bits per heavy atom. The molecule has 1 aromatic carbocycles. The Balaban J connectivity index is 2.24. The molecule has 6 heteroatoms. The van der Waals surface area contributed by atoms with Gasteiger partial charge in [-0.15, -0.1) is 0 Å². The summed E-state index contributed by atoms with van der Waals surface area (Å²) in [5.74, 6) is 1.11. The van der Waals surface area contributed by atoms with Crippen molar-refractivity contribution in [2.45, 2.75) is 19.4 Å². The molecule has 2 rings (SSSR count). The molecule has 1 unspecified atom stereocenters. The normalized spacial score (nSPS) is 16.8. The van der Waals surface area contributed by atoms with Gasteiger partial charge in [-0.25, -0.2) is 0 Å². The fourth-order valence-corrected chi connectivity index (χ4v) is 3.52. The first-order chi connectivity index (χ1) is 10.1. The molecule has 0 spiro atoms. The average molecular weight is 372 g/mol. The number of amides is 1. The van der Waals surface area contributed by atoms with Crippen LogP contribution in [0, 0.1) is 0 Å². The Hall–Kier alpha value is -0.720. The van der Waals surface area contributed by atoms with Crippen molar-refractivity contribution in [1.82, 2.24) is 5.32 Å². The molecule has 1 atom stereocenters. The van der Waals surface area contributed by atoms with Crippen molar-refractivity contribution < 1.29 is 4.79 Å². The molecule has 0 aliphatic carbocycles. The monoisotopic (exact) mass is 371 g/mol. The smallest absolute Gasteiger partial charge is 0.246 e. The molecule has 116 valence electrons. The molecule has 2 N–H and O–H groups in total. The van der Waals surface area contributed by atoms with Gasteiger partial charge in [-0.05, 0) is 47.3 Å². The number of nitrogens with one attached hydrogen (secondary N) is 2. The standard InChI is InChI=1S/C15H22BrN3OS/c1-4-5-17-14-10-8-11(16)13(19(2)6-7-21-3)9-12(10)18-15(14)20/h8-9,14,17H,4-7H2,1-3H3,(H,18,20). The van der Waals surface area contributed by atoms with E-state index in [4.69, 9.17) is 0 Å². The van der Waals surface area contributed by atoms with Crippen molar-refractivity contribution in [2.24, 2.45) is 0 Å². The second kappa shape index (κ2) is 7.51. The fourth-order valence-electron chi connectivity index (χ4n) is 2.40. The molecule has 1 aliphatic heterocycles. The molecule has 0 saturated heterocycles. The summed E-state index contributed by atoms with van der Waals surface area (Å²) < 4.78 is 1.03. The maximum Gasteiger partial charge on any atom is 0.246 e. The second-order valence-corrected chi connectivity index (χ2v) is 7.02. The number of nitrogens with zero attached hydrogens (tertiary/aromatic N) is 1. The van der Waals surface area contributed by atoms with E-state index in [1.807, 2.05) is 11.8 Å². The lowest BCUT2D eigenvalue weighted by Gasteiger charge is -2.21. The van der Waals surface area contributed by atoms with Gasteiger partial charge >= 0.3 is 0 Å². The van der Waals surface area contributed by atoms with E-state index >= 15 is 0 Å². The van der Waals surface area contributed by atoms with Crippen LogP contribution in [0.25, 0.3) is 0 Å². The summed E-state index contributed by atoms with van der Waals surface area (Å²) in [4.78, 5) is 14.3. The lowest BCUT2D eigenvalue weighted by molar-refractivity contribution is -0.117. The van der Waals surface area contributed by atoms with Crippen LogP contribution >= 0.6 is 27.7 Å². The first-order valence-corrected chi connectivity index (χ1v) is 9.35. The van der Waals surface area contributed by atoms with Gasteiger partial charge < -0.3 is 15.5 Å². The Bertz CT molecular complexity index is 524. The number of halogens is 1. The van der Waals surface area contributed by atoms with Crippen molar-refractivity contribution in [1.29, 1.82) is 0 Å². The molecule has 0 aromatic heterocycles. The summed E-state index contributed by atoms with van der Waals surface area (Å²) >= 11 is 5.47. The van der Waals surface area contributed by atoms with Crippen LogP contribution in [-0.2, 0) is 4.79 Å². The summed E-state index contributed by atoms with van der Waals surface area (Å²) in [5.41, 5.74) is 3.06. The quantitative estimate of drug-likeness (QED) is 0.771. The largest absolute Gasteiger partial charge is 0.373 e. The number of rotatable bonds is 7. The average Bonchev–Trinajstić information content (AvgIpc) is 2.76. The van der Waals surface area contributed by atoms with Gasteiger partial charge in [-0.1, -0.05) is 6.92 Å². The molecular formula is C15H22BrN3OS. The molecule has 1 aliphatic rings. The Kier molecular flexibility index (Phi) is 5.96. The number of fused-ring (bicyclic) bond motifs is 1. The highest BCUT2D eigenvalue weighted by Crippen LogP contribution is 2.38. The van der Waals surface area contributed by atoms with E-state index in [9.17, 15) is 4.79 Å².